The minimum Gasteiger partial charge on any atom is -0.493 e. The molecule has 0 saturated carbocycles. The molecule has 2 aromatic rings. The third kappa shape index (κ3) is 2.55. The smallest absolute Gasteiger partial charge is 0.336 e. The largest absolute Gasteiger partial charge is 0.493 e. The van der Waals surface area contributed by atoms with Crippen LogP contribution in [0.25, 0.3) is 11.0 Å². The van der Waals surface area contributed by atoms with Crippen molar-refractivity contribution in [2.45, 2.75) is 33.6 Å². The van der Waals surface area contributed by atoms with Crippen molar-refractivity contribution in [1.29, 1.82) is 0 Å². The molecule has 1 aromatic heterocycles. The van der Waals surface area contributed by atoms with Gasteiger partial charge in [0.2, 0.25) is 0 Å². The predicted octanol–water partition coefficient (Wildman–Crippen LogP) is 3.59. The Hall–Kier alpha value is -1.77. The van der Waals surface area contributed by atoms with Crippen LogP contribution in [0.4, 0.5) is 0 Å². The molecule has 1 aromatic carbocycles. The van der Waals surface area contributed by atoms with Gasteiger partial charge < -0.3 is 9.15 Å². The Morgan fingerprint density at radius 3 is 2.72 bits per heavy atom. The number of benzene rings is 1. The van der Waals surface area contributed by atoms with Gasteiger partial charge in [-0.25, -0.2) is 4.79 Å². The van der Waals surface area contributed by atoms with E-state index in [2.05, 4.69) is 6.92 Å². The van der Waals surface area contributed by atoms with Gasteiger partial charge in [0.1, 0.15) is 11.3 Å². The Morgan fingerprint density at radius 2 is 2.00 bits per heavy atom. The molecule has 0 aliphatic rings. The Balaban J connectivity index is 2.53. The van der Waals surface area contributed by atoms with Gasteiger partial charge in [0, 0.05) is 6.07 Å². The minimum atomic E-state index is -0.315. The zero-order valence-electron chi connectivity index (χ0n) is 11.1. The Kier molecular flexibility index (Phi) is 3.70. The lowest BCUT2D eigenvalue weighted by atomic mass is 10.1. The standard InChI is InChI=1S/C15H18O3/c1-4-5-6-17-12-7-10(2)8-13-15(12)11(3)9-14(16)18-13/h7-9H,4-6H2,1-3H3. The molecule has 0 spiro atoms. The first-order valence-electron chi connectivity index (χ1n) is 6.29. The van der Waals surface area contributed by atoms with Crippen LogP contribution in [0, 0.1) is 13.8 Å². The molecule has 0 fully saturated rings. The average Bonchev–Trinajstić information content (AvgIpc) is 2.27. The van der Waals surface area contributed by atoms with Crippen molar-refractivity contribution in [2.24, 2.45) is 0 Å². The highest BCUT2D eigenvalue weighted by atomic mass is 16.5. The molecule has 0 unspecified atom stereocenters. The molecule has 0 saturated heterocycles. The molecule has 0 amide bonds. The highest BCUT2D eigenvalue weighted by Crippen LogP contribution is 2.29. The number of unbranched alkanes of at least 4 members (excludes halogenated alkanes) is 1. The first-order valence-corrected chi connectivity index (χ1v) is 6.29. The molecule has 0 atom stereocenters. The van der Waals surface area contributed by atoms with Crippen molar-refractivity contribution < 1.29 is 9.15 Å². The summed E-state index contributed by atoms with van der Waals surface area (Å²) in [6, 6.07) is 5.37. The normalized spacial score (nSPS) is 10.8. The summed E-state index contributed by atoms with van der Waals surface area (Å²) in [5.74, 6) is 0.805. The highest BCUT2D eigenvalue weighted by Gasteiger charge is 2.09. The molecule has 1 heterocycles. The van der Waals surface area contributed by atoms with Gasteiger partial charge in [0.15, 0.2) is 0 Å². The van der Waals surface area contributed by atoms with Gasteiger partial charge in [-0.3, -0.25) is 0 Å². The molecule has 3 nitrogen and oxygen atoms in total. The van der Waals surface area contributed by atoms with E-state index in [1.165, 1.54) is 6.07 Å². The molecule has 0 aliphatic carbocycles. The molecule has 18 heavy (non-hydrogen) atoms. The van der Waals surface area contributed by atoms with Crippen LogP contribution in [0.2, 0.25) is 0 Å². The van der Waals surface area contributed by atoms with Crippen molar-refractivity contribution in [1.82, 2.24) is 0 Å². The minimum absolute atomic E-state index is 0.315. The third-order valence-corrected chi connectivity index (χ3v) is 2.91. The van der Waals surface area contributed by atoms with Crippen LogP contribution >= 0.6 is 0 Å². The molecule has 3 heteroatoms. The van der Waals surface area contributed by atoms with Crippen LogP contribution in [0.5, 0.6) is 5.75 Å². The Labute approximate surface area is 106 Å². The van der Waals surface area contributed by atoms with E-state index in [0.29, 0.717) is 12.2 Å². The maximum Gasteiger partial charge on any atom is 0.336 e. The first-order chi connectivity index (χ1) is 8.61. The summed E-state index contributed by atoms with van der Waals surface area (Å²) in [7, 11) is 0. The molecule has 0 aliphatic heterocycles. The average molecular weight is 246 g/mol. The van der Waals surface area contributed by atoms with Crippen LogP contribution in [-0.2, 0) is 0 Å². The van der Waals surface area contributed by atoms with Crippen LogP contribution < -0.4 is 10.4 Å². The van der Waals surface area contributed by atoms with Crippen LogP contribution in [0.3, 0.4) is 0 Å². The van der Waals surface area contributed by atoms with Crippen molar-refractivity contribution in [2.75, 3.05) is 6.61 Å². The second-order valence-corrected chi connectivity index (χ2v) is 4.59. The van der Waals surface area contributed by atoms with Crippen LogP contribution in [0.1, 0.15) is 30.9 Å². The van der Waals surface area contributed by atoms with Gasteiger partial charge in [-0.15, -0.1) is 0 Å². The lowest BCUT2D eigenvalue weighted by Gasteiger charge is -2.11. The number of hydrogen-bond donors (Lipinski definition) is 0. The summed E-state index contributed by atoms with van der Waals surface area (Å²) in [5.41, 5.74) is 2.21. The maximum atomic E-state index is 11.4. The van der Waals surface area contributed by atoms with Crippen LogP contribution in [0.15, 0.2) is 27.4 Å². The van der Waals surface area contributed by atoms with Gasteiger partial charge >= 0.3 is 5.63 Å². The fraction of sp³-hybridized carbons (Fsp3) is 0.400. The van der Waals surface area contributed by atoms with E-state index < -0.39 is 0 Å². The molecule has 0 radical (unpaired) electrons. The molecule has 96 valence electrons. The SMILES string of the molecule is CCCCOc1cc(C)cc2oc(=O)cc(C)c12. The molecular formula is C15H18O3. The monoisotopic (exact) mass is 246 g/mol. The second kappa shape index (κ2) is 5.25. The van der Waals surface area contributed by atoms with Gasteiger partial charge in [0.05, 0.1) is 12.0 Å². The van der Waals surface area contributed by atoms with E-state index in [4.69, 9.17) is 9.15 Å². The van der Waals surface area contributed by atoms with E-state index >= 15 is 0 Å². The molecule has 0 bridgehead atoms. The number of aryl methyl sites for hydroxylation is 2. The fourth-order valence-electron chi connectivity index (χ4n) is 2.02. The lowest BCUT2D eigenvalue weighted by Crippen LogP contribution is -2.02. The van der Waals surface area contributed by atoms with Crippen molar-refractivity contribution in [3.05, 3.63) is 39.7 Å². The van der Waals surface area contributed by atoms with Crippen molar-refractivity contribution >= 4 is 11.0 Å². The van der Waals surface area contributed by atoms with Crippen LogP contribution in [-0.4, -0.2) is 6.61 Å². The summed E-state index contributed by atoms with van der Waals surface area (Å²) in [5, 5.41) is 0.899. The van der Waals surface area contributed by atoms with E-state index in [0.717, 1.165) is 35.1 Å². The molecule has 2 rings (SSSR count). The zero-order valence-corrected chi connectivity index (χ0v) is 11.1. The molecule has 0 N–H and O–H groups in total. The zero-order chi connectivity index (χ0) is 13.1. The topological polar surface area (TPSA) is 39.4 Å². The number of hydrogen-bond acceptors (Lipinski definition) is 3. The number of rotatable bonds is 4. The van der Waals surface area contributed by atoms with Crippen molar-refractivity contribution in [3.63, 3.8) is 0 Å². The van der Waals surface area contributed by atoms with Gasteiger partial charge in [-0.2, -0.15) is 0 Å². The fourth-order valence-corrected chi connectivity index (χ4v) is 2.02. The lowest BCUT2D eigenvalue weighted by molar-refractivity contribution is 0.312. The van der Waals surface area contributed by atoms with Gasteiger partial charge in [-0.05, 0) is 43.5 Å². The van der Waals surface area contributed by atoms with E-state index in [9.17, 15) is 4.79 Å². The predicted molar refractivity (Wildman–Crippen MR) is 72.4 cm³/mol. The first kappa shape index (κ1) is 12.7. The number of ether oxygens (including phenoxy) is 1. The van der Waals surface area contributed by atoms with Gasteiger partial charge in [-0.1, -0.05) is 13.3 Å². The summed E-state index contributed by atoms with van der Waals surface area (Å²) in [6.07, 6.45) is 2.11. The summed E-state index contributed by atoms with van der Waals surface area (Å²) in [6.45, 7) is 6.69. The van der Waals surface area contributed by atoms with E-state index in [1.54, 1.807) is 0 Å². The maximum absolute atomic E-state index is 11.4. The quantitative estimate of drug-likeness (QED) is 0.611. The number of fused-ring (bicyclic) bond motifs is 1. The summed E-state index contributed by atoms with van der Waals surface area (Å²) >= 11 is 0. The Bertz CT molecular complexity index is 611. The Morgan fingerprint density at radius 1 is 1.22 bits per heavy atom. The van der Waals surface area contributed by atoms with Gasteiger partial charge in [0.25, 0.3) is 0 Å². The summed E-state index contributed by atoms with van der Waals surface area (Å²) in [4.78, 5) is 11.4. The van der Waals surface area contributed by atoms with E-state index in [-0.39, 0.29) is 5.63 Å². The third-order valence-electron chi connectivity index (χ3n) is 2.91. The van der Waals surface area contributed by atoms with Crippen molar-refractivity contribution in [3.8, 4) is 5.75 Å². The highest BCUT2D eigenvalue weighted by molar-refractivity contribution is 5.87. The molecular weight excluding hydrogens is 228 g/mol. The van der Waals surface area contributed by atoms with E-state index in [1.807, 2.05) is 26.0 Å². The summed E-state index contributed by atoms with van der Waals surface area (Å²) < 4.78 is 11.0. The second-order valence-electron chi connectivity index (χ2n) is 4.59.